The molecule has 0 unspecified atom stereocenters. The number of ether oxygens (including phenoxy) is 1. The first-order chi connectivity index (χ1) is 14.1. The summed E-state index contributed by atoms with van der Waals surface area (Å²) in [6, 6.07) is 13.7. The number of rotatable bonds is 6. The Hall–Kier alpha value is -1.70. The lowest BCUT2D eigenvalue weighted by atomic mass is 10.1. The maximum atomic E-state index is 13.2. The van der Waals surface area contributed by atoms with Gasteiger partial charge in [0.15, 0.2) is 5.13 Å². The predicted molar refractivity (Wildman–Crippen MR) is 126 cm³/mol. The van der Waals surface area contributed by atoms with E-state index in [1.54, 1.807) is 0 Å². The van der Waals surface area contributed by atoms with Crippen molar-refractivity contribution in [1.29, 1.82) is 0 Å². The Morgan fingerprint density at radius 3 is 2.70 bits per heavy atom. The lowest BCUT2D eigenvalue weighted by Crippen LogP contribution is -2.43. The second-order valence-electron chi connectivity index (χ2n) is 7.23. The van der Waals surface area contributed by atoms with Crippen LogP contribution < -0.4 is 4.90 Å². The van der Waals surface area contributed by atoms with Crippen molar-refractivity contribution in [3.8, 4) is 0 Å². The molecule has 3 aromatic rings. The Balaban J connectivity index is 0.00000256. The highest BCUT2D eigenvalue weighted by Gasteiger charge is 2.22. The van der Waals surface area contributed by atoms with Crippen LogP contribution in [0.3, 0.4) is 0 Å². The van der Waals surface area contributed by atoms with Gasteiger partial charge >= 0.3 is 0 Å². The fraction of sp³-hybridized carbons (Fsp3) is 0.364. The number of aryl methyl sites for hydroxylation is 1. The second kappa shape index (κ2) is 10.6. The third-order valence-electron chi connectivity index (χ3n) is 5.11. The van der Waals surface area contributed by atoms with E-state index in [4.69, 9.17) is 21.3 Å². The van der Waals surface area contributed by atoms with E-state index in [1.807, 2.05) is 54.3 Å². The first-order valence-electron chi connectivity index (χ1n) is 9.81. The number of hydrogen-bond donors (Lipinski definition) is 0. The van der Waals surface area contributed by atoms with E-state index in [9.17, 15) is 4.79 Å². The van der Waals surface area contributed by atoms with Crippen molar-refractivity contribution in [3.63, 3.8) is 0 Å². The van der Waals surface area contributed by atoms with Gasteiger partial charge in [0.25, 0.3) is 0 Å². The monoisotopic (exact) mass is 465 g/mol. The standard InChI is InChI=1S/C22H24ClN3O2S.ClH/c1-16-13-18(23)15-19-21(16)24-22(29-19)26(8-7-25-9-11-28-12-10-25)20(27)14-17-5-3-2-4-6-17;/h2-6,13,15H,7-12,14H2,1H3;1H. The van der Waals surface area contributed by atoms with Crippen molar-refractivity contribution in [2.75, 3.05) is 44.3 Å². The summed E-state index contributed by atoms with van der Waals surface area (Å²) in [5, 5.41) is 1.43. The number of fused-ring (bicyclic) bond motifs is 1. The Morgan fingerprint density at radius 2 is 1.97 bits per heavy atom. The number of halogens is 2. The average Bonchev–Trinajstić information content (AvgIpc) is 3.13. The van der Waals surface area contributed by atoms with Crippen molar-refractivity contribution in [2.45, 2.75) is 13.3 Å². The van der Waals surface area contributed by atoms with Crippen LogP contribution in [0.15, 0.2) is 42.5 Å². The van der Waals surface area contributed by atoms with Gasteiger partial charge in [-0.05, 0) is 30.2 Å². The molecule has 1 saturated heterocycles. The molecule has 2 heterocycles. The maximum Gasteiger partial charge on any atom is 0.233 e. The van der Waals surface area contributed by atoms with Gasteiger partial charge < -0.3 is 4.74 Å². The van der Waals surface area contributed by atoms with Crippen molar-refractivity contribution >= 4 is 56.6 Å². The van der Waals surface area contributed by atoms with Gasteiger partial charge in [0, 0.05) is 31.2 Å². The molecule has 0 aliphatic carbocycles. The molecule has 160 valence electrons. The minimum absolute atomic E-state index is 0. The minimum Gasteiger partial charge on any atom is -0.379 e. The number of hydrogen-bond acceptors (Lipinski definition) is 5. The third kappa shape index (κ3) is 5.50. The van der Waals surface area contributed by atoms with E-state index in [0.717, 1.165) is 59.3 Å². The van der Waals surface area contributed by atoms with Gasteiger partial charge in [-0.15, -0.1) is 12.4 Å². The molecule has 0 saturated carbocycles. The van der Waals surface area contributed by atoms with Crippen LogP contribution in [0.5, 0.6) is 0 Å². The summed E-state index contributed by atoms with van der Waals surface area (Å²) < 4.78 is 6.45. The molecule has 0 spiro atoms. The Morgan fingerprint density at radius 1 is 1.23 bits per heavy atom. The summed E-state index contributed by atoms with van der Waals surface area (Å²) in [7, 11) is 0. The van der Waals surface area contributed by atoms with Crippen LogP contribution in [0.25, 0.3) is 10.2 Å². The van der Waals surface area contributed by atoms with E-state index in [0.29, 0.717) is 18.0 Å². The maximum absolute atomic E-state index is 13.2. The molecule has 5 nitrogen and oxygen atoms in total. The van der Waals surface area contributed by atoms with E-state index in [1.165, 1.54) is 11.3 Å². The zero-order chi connectivity index (χ0) is 20.2. The molecular formula is C22H25Cl2N3O2S. The van der Waals surface area contributed by atoms with Crippen LogP contribution >= 0.6 is 35.3 Å². The molecule has 1 aliphatic rings. The topological polar surface area (TPSA) is 45.7 Å². The van der Waals surface area contributed by atoms with E-state index in [2.05, 4.69) is 4.90 Å². The molecule has 1 amide bonds. The van der Waals surface area contributed by atoms with Crippen LogP contribution in [0.2, 0.25) is 5.02 Å². The smallest absolute Gasteiger partial charge is 0.233 e. The zero-order valence-electron chi connectivity index (χ0n) is 16.8. The van der Waals surface area contributed by atoms with Crippen LogP contribution in [0.4, 0.5) is 5.13 Å². The molecule has 4 rings (SSSR count). The summed E-state index contributed by atoms with van der Waals surface area (Å²) in [5.74, 6) is 0.0623. The summed E-state index contributed by atoms with van der Waals surface area (Å²) in [6.45, 7) is 6.71. The number of morpholine rings is 1. The molecule has 1 aromatic heterocycles. The number of aromatic nitrogens is 1. The molecule has 0 bridgehead atoms. The SMILES string of the molecule is Cc1cc(Cl)cc2sc(N(CCN3CCOCC3)C(=O)Cc3ccccc3)nc12.Cl. The minimum atomic E-state index is 0. The van der Waals surface area contributed by atoms with E-state index >= 15 is 0 Å². The Kier molecular flexibility index (Phi) is 8.08. The van der Waals surface area contributed by atoms with Gasteiger partial charge in [0.2, 0.25) is 5.91 Å². The molecule has 1 fully saturated rings. The molecule has 8 heteroatoms. The van der Waals surface area contributed by atoms with Crippen LogP contribution in [-0.4, -0.2) is 55.2 Å². The predicted octanol–water partition coefficient (Wildman–Crippen LogP) is 4.59. The largest absolute Gasteiger partial charge is 0.379 e. The first kappa shape index (κ1) is 23.0. The van der Waals surface area contributed by atoms with Gasteiger partial charge in [-0.2, -0.15) is 0 Å². The Labute approximate surface area is 192 Å². The van der Waals surface area contributed by atoms with Gasteiger partial charge in [-0.25, -0.2) is 4.98 Å². The molecular weight excluding hydrogens is 441 g/mol. The summed E-state index contributed by atoms with van der Waals surface area (Å²) in [6.07, 6.45) is 0.361. The van der Waals surface area contributed by atoms with Crippen molar-refractivity contribution in [3.05, 3.63) is 58.6 Å². The van der Waals surface area contributed by atoms with Crippen LogP contribution in [0, 0.1) is 6.92 Å². The van der Waals surface area contributed by atoms with Crippen molar-refractivity contribution < 1.29 is 9.53 Å². The number of anilines is 1. The number of carbonyl (C=O) groups is 1. The van der Waals surface area contributed by atoms with Gasteiger partial charge in [0.1, 0.15) is 0 Å². The fourth-order valence-electron chi connectivity index (χ4n) is 3.52. The average molecular weight is 466 g/mol. The van der Waals surface area contributed by atoms with Crippen molar-refractivity contribution in [1.82, 2.24) is 9.88 Å². The van der Waals surface area contributed by atoms with Gasteiger partial charge in [0.05, 0.1) is 29.9 Å². The number of benzene rings is 2. The fourth-order valence-corrected chi connectivity index (χ4v) is 4.98. The summed E-state index contributed by atoms with van der Waals surface area (Å²) in [5.41, 5.74) is 2.95. The molecule has 2 aromatic carbocycles. The van der Waals surface area contributed by atoms with Crippen LogP contribution in [0.1, 0.15) is 11.1 Å². The molecule has 0 radical (unpaired) electrons. The quantitative estimate of drug-likeness (QED) is 0.533. The lowest BCUT2D eigenvalue weighted by molar-refractivity contribution is -0.118. The number of thiazole rings is 1. The highest BCUT2D eigenvalue weighted by atomic mass is 35.5. The number of nitrogens with zero attached hydrogens (tertiary/aromatic N) is 3. The lowest BCUT2D eigenvalue weighted by Gasteiger charge is -2.29. The highest BCUT2D eigenvalue weighted by Crippen LogP contribution is 2.33. The van der Waals surface area contributed by atoms with E-state index in [-0.39, 0.29) is 18.3 Å². The molecule has 1 aliphatic heterocycles. The van der Waals surface area contributed by atoms with Crippen LogP contribution in [-0.2, 0) is 16.0 Å². The van der Waals surface area contributed by atoms with Gasteiger partial charge in [-0.3, -0.25) is 14.6 Å². The van der Waals surface area contributed by atoms with Gasteiger partial charge in [-0.1, -0.05) is 53.3 Å². The number of amides is 1. The summed E-state index contributed by atoms with van der Waals surface area (Å²) in [4.78, 5) is 22.2. The van der Waals surface area contributed by atoms with E-state index < -0.39 is 0 Å². The molecule has 0 N–H and O–H groups in total. The Bertz CT molecular complexity index is 991. The second-order valence-corrected chi connectivity index (χ2v) is 8.67. The highest BCUT2D eigenvalue weighted by molar-refractivity contribution is 7.22. The number of carbonyl (C=O) groups excluding carboxylic acids is 1. The third-order valence-corrected chi connectivity index (χ3v) is 6.36. The molecule has 30 heavy (non-hydrogen) atoms. The normalized spacial score (nSPS) is 14.5. The zero-order valence-corrected chi connectivity index (χ0v) is 19.2. The summed E-state index contributed by atoms with van der Waals surface area (Å²) >= 11 is 7.75. The first-order valence-corrected chi connectivity index (χ1v) is 11.0. The van der Waals surface area contributed by atoms with Crippen molar-refractivity contribution in [2.24, 2.45) is 0 Å². The molecule has 0 atom stereocenters.